The van der Waals surface area contributed by atoms with Crippen molar-refractivity contribution in [2.45, 2.75) is 44.7 Å². The molecule has 3 atom stereocenters. The minimum absolute atomic E-state index is 0. The molecule has 1 aliphatic heterocycles. The average Bonchev–Trinajstić information content (AvgIpc) is 3.03. The largest absolute Gasteiger partial charge is 0.337 e. The zero-order valence-corrected chi connectivity index (χ0v) is 16.9. The zero-order chi connectivity index (χ0) is 18.5. The number of piperazine rings is 1. The number of carbonyl (C=O) groups excluding carboxylic acids is 2. The molecule has 1 aliphatic carbocycles. The van der Waals surface area contributed by atoms with E-state index in [4.69, 9.17) is 0 Å². The molecule has 2 aliphatic rings. The van der Waals surface area contributed by atoms with Crippen LogP contribution in [0.1, 0.15) is 44.5 Å². The van der Waals surface area contributed by atoms with Crippen molar-refractivity contribution in [2.24, 2.45) is 13.0 Å². The summed E-state index contributed by atoms with van der Waals surface area (Å²) in [5.74, 6) is 1.11. The maximum absolute atomic E-state index is 12.4. The smallest absolute Gasteiger partial charge is 0.321 e. The lowest BCUT2D eigenvalue weighted by Crippen LogP contribution is -2.53. The summed E-state index contributed by atoms with van der Waals surface area (Å²) in [6.45, 7) is 4.65. The number of hydrogen-bond donors (Lipinski definition) is 3. The predicted octanol–water partition coefficient (Wildman–Crippen LogP) is 1.19. The highest BCUT2D eigenvalue weighted by Crippen LogP contribution is 2.23. The second kappa shape index (κ2) is 10.1. The van der Waals surface area contributed by atoms with Gasteiger partial charge in [0.2, 0.25) is 5.91 Å². The molecule has 2 fully saturated rings. The van der Waals surface area contributed by atoms with E-state index in [9.17, 15) is 9.59 Å². The van der Waals surface area contributed by atoms with Gasteiger partial charge >= 0.3 is 6.03 Å². The van der Waals surface area contributed by atoms with Gasteiger partial charge in [-0.25, -0.2) is 9.78 Å². The molecule has 9 heteroatoms. The average molecular weight is 399 g/mol. The number of aromatic nitrogens is 2. The Hall–Kier alpha value is -1.64. The lowest BCUT2D eigenvalue weighted by atomic mass is 9.86. The van der Waals surface area contributed by atoms with Crippen LogP contribution in [0.25, 0.3) is 0 Å². The van der Waals surface area contributed by atoms with Crippen molar-refractivity contribution < 1.29 is 9.59 Å². The summed E-state index contributed by atoms with van der Waals surface area (Å²) in [5, 5.41) is 8.81. The molecule has 0 bridgehead atoms. The Balaban J connectivity index is 0.00000261. The highest BCUT2D eigenvalue weighted by atomic mass is 35.5. The van der Waals surface area contributed by atoms with Crippen LogP contribution in [0.5, 0.6) is 0 Å². The number of nitrogens with zero attached hydrogens (tertiary/aromatic N) is 3. The van der Waals surface area contributed by atoms with Crippen molar-refractivity contribution >= 4 is 24.3 Å². The van der Waals surface area contributed by atoms with Crippen LogP contribution in [0.2, 0.25) is 0 Å². The van der Waals surface area contributed by atoms with E-state index in [0.29, 0.717) is 5.92 Å². The monoisotopic (exact) mass is 398 g/mol. The molecule has 3 rings (SSSR count). The number of nitrogens with one attached hydrogen (secondary N) is 3. The topological polar surface area (TPSA) is 91.3 Å². The summed E-state index contributed by atoms with van der Waals surface area (Å²) in [6.07, 6.45) is 8.14. The number of imidazole rings is 1. The number of imide groups is 1. The van der Waals surface area contributed by atoms with E-state index >= 15 is 0 Å². The van der Waals surface area contributed by atoms with Gasteiger partial charge in [0.15, 0.2) is 0 Å². The molecule has 2 heterocycles. The van der Waals surface area contributed by atoms with Crippen LogP contribution in [0.4, 0.5) is 4.79 Å². The van der Waals surface area contributed by atoms with Gasteiger partial charge in [-0.15, -0.1) is 12.4 Å². The van der Waals surface area contributed by atoms with Gasteiger partial charge < -0.3 is 15.2 Å². The molecule has 1 aromatic rings. The summed E-state index contributed by atoms with van der Waals surface area (Å²) in [6, 6.07) is -0.190. The fraction of sp³-hybridized carbons (Fsp3) is 0.722. The van der Waals surface area contributed by atoms with Crippen molar-refractivity contribution in [2.75, 3.05) is 26.2 Å². The number of carbonyl (C=O) groups is 2. The SMILES string of the molecule is CC1CCCCC1NC(=O)NC(=O)CN1CCNCC1c1nccn1C.Cl. The first kappa shape index (κ1) is 21.7. The van der Waals surface area contributed by atoms with E-state index in [1.807, 2.05) is 17.8 Å². The minimum atomic E-state index is -0.377. The number of halogens is 1. The summed E-state index contributed by atoms with van der Waals surface area (Å²) < 4.78 is 1.97. The van der Waals surface area contributed by atoms with Gasteiger partial charge in [0.25, 0.3) is 0 Å². The molecule has 1 aromatic heterocycles. The lowest BCUT2D eigenvalue weighted by Gasteiger charge is -2.35. The number of hydrogen-bond acceptors (Lipinski definition) is 5. The maximum atomic E-state index is 12.4. The van der Waals surface area contributed by atoms with Crippen LogP contribution in [-0.2, 0) is 11.8 Å². The molecule has 152 valence electrons. The zero-order valence-electron chi connectivity index (χ0n) is 16.1. The second-order valence-electron chi connectivity index (χ2n) is 7.48. The Morgan fingerprint density at radius 3 is 2.81 bits per heavy atom. The molecular formula is C18H31ClN6O2. The third-order valence-electron chi connectivity index (χ3n) is 5.54. The Bertz CT molecular complexity index is 637. The van der Waals surface area contributed by atoms with E-state index in [2.05, 4.69) is 32.8 Å². The van der Waals surface area contributed by atoms with Gasteiger partial charge in [-0.1, -0.05) is 19.8 Å². The van der Waals surface area contributed by atoms with Gasteiger partial charge in [0.05, 0.1) is 12.6 Å². The van der Waals surface area contributed by atoms with Crippen molar-refractivity contribution in [3.05, 3.63) is 18.2 Å². The molecule has 3 amide bonds. The Labute approximate surface area is 166 Å². The van der Waals surface area contributed by atoms with Crippen LogP contribution in [-0.4, -0.2) is 58.6 Å². The predicted molar refractivity (Wildman–Crippen MR) is 106 cm³/mol. The molecule has 0 spiro atoms. The Morgan fingerprint density at radius 2 is 2.11 bits per heavy atom. The standard InChI is InChI=1S/C18H30N6O2.ClH/c1-13-5-3-4-6-14(13)21-18(26)22-16(25)12-24-10-7-19-11-15(24)17-20-8-9-23(17)2;/h8-9,13-15,19H,3-7,10-12H2,1-2H3,(H2,21,22,25,26);1H. The van der Waals surface area contributed by atoms with Crippen LogP contribution in [0.15, 0.2) is 12.4 Å². The van der Waals surface area contributed by atoms with E-state index < -0.39 is 0 Å². The minimum Gasteiger partial charge on any atom is -0.337 e. The normalized spacial score (nSPS) is 26.1. The molecule has 3 N–H and O–H groups in total. The number of rotatable bonds is 4. The third-order valence-corrected chi connectivity index (χ3v) is 5.54. The molecule has 0 aromatic carbocycles. The number of aryl methyl sites for hydroxylation is 1. The molecular weight excluding hydrogens is 368 g/mol. The van der Waals surface area contributed by atoms with Crippen LogP contribution in [0.3, 0.4) is 0 Å². The summed E-state index contributed by atoms with van der Waals surface area (Å²) in [5.41, 5.74) is 0. The first-order chi connectivity index (χ1) is 12.5. The fourth-order valence-electron chi connectivity index (χ4n) is 3.97. The molecule has 3 unspecified atom stereocenters. The first-order valence-corrected chi connectivity index (χ1v) is 9.57. The summed E-state index contributed by atoms with van der Waals surface area (Å²) in [4.78, 5) is 31.1. The molecule has 27 heavy (non-hydrogen) atoms. The first-order valence-electron chi connectivity index (χ1n) is 9.57. The van der Waals surface area contributed by atoms with Crippen molar-refractivity contribution in [3.63, 3.8) is 0 Å². The van der Waals surface area contributed by atoms with Crippen LogP contribution < -0.4 is 16.0 Å². The Kier molecular flexibility index (Phi) is 8.07. The van der Waals surface area contributed by atoms with E-state index in [0.717, 1.165) is 44.7 Å². The molecule has 1 saturated carbocycles. The summed E-state index contributed by atoms with van der Waals surface area (Å²) >= 11 is 0. The molecule has 1 saturated heterocycles. The highest BCUT2D eigenvalue weighted by molar-refractivity contribution is 5.95. The van der Waals surface area contributed by atoms with Crippen molar-refractivity contribution in [3.8, 4) is 0 Å². The number of amides is 3. The second-order valence-corrected chi connectivity index (χ2v) is 7.48. The quantitative estimate of drug-likeness (QED) is 0.708. The Morgan fingerprint density at radius 1 is 1.33 bits per heavy atom. The van der Waals surface area contributed by atoms with E-state index in [-0.39, 0.29) is 43.0 Å². The molecule has 0 radical (unpaired) electrons. The van der Waals surface area contributed by atoms with E-state index in [1.165, 1.54) is 6.42 Å². The number of urea groups is 1. The summed E-state index contributed by atoms with van der Waals surface area (Å²) in [7, 11) is 1.95. The maximum Gasteiger partial charge on any atom is 0.321 e. The van der Waals surface area contributed by atoms with Gasteiger partial charge in [-0.2, -0.15) is 0 Å². The van der Waals surface area contributed by atoms with Gasteiger partial charge in [-0.3, -0.25) is 15.0 Å². The van der Waals surface area contributed by atoms with Gasteiger partial charge in [0.1, 0.15) is 5.82 Å². The van der Waals surface area contributed by atoms with Crippen LogP contribution >= 0.6 is 12.4 Å². The van der Waals surface area contributed by atoms with Gasteiger partial charge in [0, 0.05) is 45.1 Å². The lowest BCUT2D eigenvalue weighted by molar-refractivity contribution is -0.122. The van der Waals surface area contributed by atoms with Gasteiger partial charge in [-0.05, 0) is 18.8 Å². The molecule has 8 nitrogen and oxygen atoms in total. The van der Waals surface area contributed by atoms with Crippen molar-refractivity contribution in [1.29, 1.82) is 0 Å². The van der Waals surface area contributed by atoms with E-state index in [1.54, 1.807) is 6.20 Å². The highest BCUT2D eigenvalue weighted by Gasteiger charge is 2.29. The van der Waals surface area contributed by atoms with Crippen LogP contribution in [0, 0.1) is 5.92 Å². The fourth-order valence-corrected chi connectivity index (χ4v) is 3.97. The van der Waals surface area contributed by atoms with Crippen molar-refractivity contribution in [1.82, 2.24) is 30.4 Å². The third kappa shape index (κ3) is 5.67.